The van der Waals surface area contributed by atoms with Crippen LogP contribution in [0.1, 0.15) is 18.9 Å². The minimum Gasteiger partial charge on any atom is -0.372 e. The maximum atomic E-state index is 12.3. The number of hydrogen-bond acceptors (Lipinski definition) is 4. The lowest BCUT2D eigenvalue weighted by Gasteiger charge is -2.34. The second-order valence-electron chi connectivity index (χ2n) is 6.70. The van der Waals surface area contributed by atoms with E-state index in [0.717, 1.165) is 43.9 Å². The number of ether oxygens (including phenoxy) is 1. The molecule has 1 fully saturated rings. The molecule has 0 unspecified atom stereocenters. The highest BCUT2D eigenvalue weighted by Crippen LogP contribution is 2.16. The highest BCUT2D eigenvalue weighted by atomic mass is 19.4. The number of carbonyl (C=O) groups excluding carboxylic acids is 1. The summed E-state index contributed by atoms with van der Waals surface area (Å²) in [5.41, 5.74) is 1.98. The average Bonchev–Trinajstić information content (AvgIpc) is 2.62. The van der Waals surface area contributed by atoms with Crippen molar-refractivity contribution in [3.8, 4) is 0 Å². The van der Waals surface area contributed by atoms with Crippen LogP contribution in [0, 0.1) is 0 Å². The van der Waals surface area contributed by atoms with Gasteiger partial charge in [-0.15, -0.1) is 0 Å². The molecule has 5 nitrogen and oxygen atoms in total. The predicted molar refractivity (Wildman–Crippen MR) is 98.8 cm³/mol. The molecule has 0 bridgehead atoms. The van der Waals surface area contributed by atoms with Gasteiger partial charge in [-0.1, -0.05) is 25.1 Å². The van der Waals surface area contributed by atoms with Gasteiger partial charge in [0.25, 0.3) is 0 Å². The van der Waals surface area contributed by atoms with Crippen LogP contribution >= 0.6 is 0 Å². The number of rotatable bonds is 9. The lowest BCUT2D eigenvalue weighted by Crippen LogP contribution is -2.48. The molecule has 1 amide bonds. The van der Waals surface area contributed by atoms with Crippen LogP contribution in [0.5, 0.6) is 0 Å². The Hall–Kier alpha value is -1.64. The number of halogens is 3. The minimum absolute atomic E-state index is 0.0232. The minimum atomic E-state index is -4.26. The van der Waals surface area contributed by atoms with E-state index in [-0.39, 0.29) is 12.5 Å². The monoisotopic (exact) mass is 387 g/mol. The van der Waals surface area contributed by atoms with Crippen molar-refractivity contribution in [3.05, 3.63) is 29.8 Å². The molecule has 1 aliphatic heterocycles. The first kappa shape index (κ1) is 21.7. The first-order valence-corrected chi connectivity index (χ1v) is 9.34. The Bertz CT molecular complexity index is 588. The maximum absolute atomic E-state index is 12.3. The van der Waals surface area contributed by atoms with Gasteiger partial charge in [-0.2, -0.15) is 13.2 Å². The third kappa shape index (κ3) is 8.28. The Balaban J connectivity index is 1.62. The van der Waals surface area contributed by atoms with E-state index in [1.165, 1.54) is 0 Å². The van der Waals surface area contributed by atoms with E-state index in [1.54, 1.807) is 0 Å². The number of aryl methyl sites for hydroxylation is 1. The maximum Gasteiger partial charge on any atom is 0.411 e. The van der Waals surface area contributed by atoms with E-state index in [1.807, 2.05) is 24.3 Å². The van der Waals surface area contributed by atoms with Gasteiger partial charge in [0, 0.05) is 45.0 Å². The van der Waals surface area contributed by atoms with Crippen molar-refractivity contribution in [1.29, 1.82) is 0 Å². The molecule has 0 atom stereocenters. The van der Waals surface area contributed by atoms with E-state index < -0.39 is 12.8 Å². The number of hydrogen-bond donors (Lipinski definition) is 1. The molecule has 8 heteroatoms. The number of benzene rings is 1. The topological polar surface area (TPSA) is 44.8 Å². The highest BCUT2D eigenvalue weighted by molar-refractivity contribution is 5.93. The second kappa shape index (κ2) is 10.6. The molecule has 1 aliphatic rings. The number of piperazine rings is 1. The fourth-order valence-corrected chi connectivity index (χ4v) is 3.09. The third-order valence-electron chi connectivity index (χ3n) is 4.53. The molecule has 2 rings (SSSR count). The van der Waals surface area contributed by atoms with Crippen LogP contribution in [0.4, 0.5) is 18.9 Å². The van der Waals surface area contributed by atoms with Crippen LogP contribution in [0.3, 0.4) is 0 Å². The summed E-state index contributed by atoms with van der Waals surface area (Å²) in [6.07, 6.45) is -2.82. The standard InChI is InChI=1S/C19H28F3N3O2/c1-2-16-6-3-4-7-17(16)23-18(26)14-25-11-9-24(10-12-25)8-5-13-27-15-19(20,21)22/h3-4,6-7H,2,5,8-15H2,1H3,(H,23,26). The normalized spacial score (nSPS) is 16.4. The number of carbonyl (C=O) groups is 1. The Labute approximate surface area is 158 Å². The van der Waals surface area contributed by atoms with Gasteiger partial charge in [-0.05, 0) is 24.5 Å². The van der Waals surface area contributed by atoms with Gasteiger partial charge in [0.1, 0.15) is 6.61 Å². The summed E-state index contributed by atoms with van der Waals surface area (Å²) in [6, 6.07) is 7.79. The molecule has 0 radical (unpaired) electrons. The number of nitrogens with one attached hydrogen (secondary N) is 1. The van der Waals surface area contributed by atoms with Gasteiger partial charge in [-0.3, -0.25) is 9.69 Å². The van der Waals surface area contributed by atoms with Gasteiger partial charge in [0.05, 0.1) is 6.54 Å². The van der Waals surface area contributed by atoms with Crippen LogP contribution in [-0.4, -0.2) is 74.4 Å². The molecule has 1 saturated heterocycles. The summed E-state index contributed by atoms with van der Waals surface area (Å²) in [5.74, 6) is -0.0232. The SMILES string of the molecule is CCc1ccccc1NC(=O)CN1CCN(CCCOCC(F)(F)F)CC1. The zero-order valence-electron chi connectivity index (χ0n) is 15.7. The van der Waals surface area contributed by atoms with Crippen molar-refractivity contribution in [2.45, 2.75) is 25.9 Å². The van der Waals surface area contributed by atoms with Gasteiger partial charge >= 0.3 is 6.18 Å². The van der Waals surface area contributed by atoms with E-state index in [2.05, 4.69) is 26.8 Å². The van der Waals surface area contributed by atoms with Crippen molar-refractivity contribution >= 4 is 11.6 Å². The van der Waals surface area contributed by atoms with Crippen LogP contribution < -0.4 is 5.32 Å². The highest BCUT2D eigenvalue weighted by Gasteiger charge is 2.27. The molecule has 0 saturated carbocycles. The van der Waals surface area contributed by atoms with E-state index in [9.17, 15) is 18.0 Å². The van der Waals surface area contributed by atoms with Crippen LogP contribution in [0.15, 0.2) is 24.3 Å². The lowest BCUT2D eigenvalue weighted by atomic mass is 10.1. The molecule has 0 aliphatic carbocycles. The van der Waals surface area contributed by atoms with Crippen LogP contribution in [0.25, 0.3) is 0 Å². The van der Waals surface area contributed by atoms with Gasteiger partial charge in [-0.25, -0.2) is 0 Å². The number of amides is 1. The van der Waals surface area contributed by atoms with E-state index >= 15 is 0 Å². The number of alkyl halides is 3. The van der Waals surface area contributed by atoms with Crippen molar-refractivity contribution in [3.63, 3.8) is 0 Å². The molecule has 1 aromatic carbocycles. The summed E-state index contributed by atoms with van der Waals surface area (Å²) >= 11 is 0. The average molecular weight is 387 g/mol. The summed E-state index contributed by atoms with van der Waals surface area (Å²) < 4.78 is 40.6. The van der Waals surface area contributed by atoms with E-state index in [4.69, 9.17) is 0 Å². The summed E-state index contributed by atoms with van der Waals surface area (Å²) in [6.45, 7) is 5.19. The molecule has 152 valence electrons. The fourth-order valence-electron chi connectivity index (χ4n) is 3.09. The van der Waals surface area contributed by atoms with Gasteiger partial charge in [0.2, 0.25) is 5.91 Å². The lowest BCUT2D eigenvalue weighted by molar-refractivity contribution is -0.174. The molecule has 1 heterocycles. The van der Waals surface area contributed by atoms with E-state index in [0.29, 0.717) is 19.5 Å². The molecule has 1 aromatic rings. The van der Waals surface area contributed by atoms with Gasteiger partial charge < -0.3 is 15.0 Å². The Kier molecular flexibility index (Phi) is 8.53. The van der Waals surface area contributed by atoms with Crippen molar-refractivity contribution < 1.29 is 22.7 Å². The molecule has 0 aromatic heterocycles. The number of para-hydroxylation sites is 1. The second-order valence-corrected chi connectivity index (χ2v) is 6.70. The van der Waals surface area contributed by atoms with Crippen molar-refractivity contribution in [2.75, 3.05) is 57.8 Å². The Morgan fingerprint density at radius 3 is 2.48 bits per heavy atom. The fraction of sp³-hybridized carbons (Fsp3) is 0.632. The number of nitrogens with zero attached hydrogens (tertiary/aromatic N) is 2. The van der Waals surface area contributed by atoms with Gasteiger partial charge in [0.15, 0.2) is 0 Å². The first-order chi connectivity index (χ1) is 12.9. The quantitative estimate of drug-likeness (QED) is 0.662. The smallest absolute Gasteiger partial charge is 0.372 e. The molecular formula is C19H28F3N3O2. The Morgan fingerprint density at radius 2 is 1.81 bits per heavy atom. The molecule has 0 spiro atoms. The van der Waals surface area contributed by atoms with Crippen molar-refractivity contribution in [2.24, 2.45) is 0 Å². The predicted octanol–water partition coefficient (Wildman–Crippen LogP) is 2.77. The molecule has 27 heavy (non-hydrogen) atoms. The Morgan fingerprint density at radius 1 is 1.15 bits per heavy atom. The zero-order valence-corrected chi connectivity index (χ0v) is 15.7. The molecular weight excluding hydrogens is 359 g/mol. The largest absolute Gasteiger partial charge is 0.411 e. The van der Waals surface area contributed by atoms with Crippen LogP contribution in [-0.2, 0) is 16.0 Å². The third-order valence-corrected chi connectivity index (χ3v) is 4.53. The summed E-state index contributed by atoms with van der Waals surface area (Å²) in [4.78, 5) is 16.6. The number of anilines is 1. The first-order valence-electron chi connectivity index (χ1n) is 9.34. The molecule has 1 N–H and O–H groups in total. The van der Waals surface area contributed by atoms with Crippen molar-refractivity contribution in [1.82, 2.24) is 9.80 Å². The summed E-state index contributed by atoms with van der Waals surface area (Å²) in [5, 5.41) is 2.98. The van der Waals surface area contributed by atoms with Crippen LogP contribution in [0.2, 0.25) is 0 Å². The zero-order chi connectivity index (χ0) is 19.7. The summed E-state index contributed by atoms with van der Waals surface area (Å²) in [7, 11) is 0.